The molecule has 1 aromatic rings. The molecule has 0 heterocycles. The van der Waals surface area contributed by atoms with Crippen molar-refractivity contribution >= 4 is 15.5 Å². The van der Waals surface area contributed by atoms with Crippen LogP contribution in [0.25, 0.3) is 0 Å². The minimum Gasteiger partial charge on any atom is -0.372 e. The number of rotatable bonds is 6. The Balaban J connectivity index is 3.14. The summed E-state index contributed by atoms with van der Waals surface area (Å²) in [6.45, 7) is 4.39. The molecular formula is C13H22N2O2S. The molecule has 2 N–H and O–H groups in total. The second-order valence-electron chi connectivity index (χ2n) is 4.64. The summed E-state index contributed by atoms with van der Waals surface area (Å²) in [5.74, 6) is 0.177. The molecule has 0 saturated carbocycles. The maximum atomic E-state index is 12.2. The van der Waals surface area contributed by atoms with E-state index >= 15 is 0 Å². The first-order chi connectivity index (χ1) is 8.38. The van der Waals surface area contributed by atoms with E-state index in [1.807, 2.05) is 37.9 Å². The molecule has 0 radical (unpaired) electrons. The number of para-hydroxylation sites is 1. The Hall–Kier alpha value is -1.07. The highest BCUT2D eigenvalue weighted by molar-refractivity contribution is 7.91. The van der Waals surface area contributed by atoms with Gasteiger partial charge < -0.3 is 10.6 Å². The second-order valence-corrected chi connectivity index (χ2v) is 6.72. The van der Waals surface area contributed by atoms with Gasteiger partial charge in [-0.3, -0.25) is 0 Å². The van der Waals surface area contributed by atoms with Crippen molar-refractivity contribution in [2.45, 2.75) is 31.2 Å². The predicted molar refractivity (Wildman–Crippen MR) is 75.7 cm³/mol. The third-order valence-corrected chi connectivity index (χ3v) is 4.61. The Labute approximate surface area is 110 Å². The fraction of sp³-hybridized carbons (Fsp3) is 0.538. The molecule has 0 saturated heterocycles. The third-order valence-electron chi connectivity index (χ3n) is 2.65. The van der Waals surface area contributed by atoms with Gasteiger partial charge in [0.25, 0.3) is 0 Å². The van der Waals surface area contributed by atoms with Crippen molar-refractivity contribution in [3.8, 4) is 0 Å². The molecular weight excluding hydrogens is 248 g/mol. The fourth-order valence-electron chi connectivity index (χ4n) is 1.94. The number of nitrogens with two attached hydrogens (primary N) is 1. The zero-order chi connectivity index (χ0) is 13.8. The van der Waals surface area contributed by atoms with Crippen LogP contribution >= 0.6 is 0 Å². The van der Waals surface area contributed by atoms with E-state index in [1.54, 1.807) is 12.1 Å². The second kappa shape index (κ2) is 6.20. The van der Waals surface area contributed by atoms with Crippen LogP contribution in [0.3, 0.4) is 0 Å². The van der Waals surface area contributed by atoms with Gasteiger partial charge in [-0.15, -0.1) is 0 Å². The van der Waals surface area contributed by atoms with Crippen molar-refractivity contribution < 1.29 is 8.42 Å². The van der Waals surface area contributed by atoms with Crippen LogP contribution in [0.2, 0.25) is 0 Å². The predicted octanol–water partition coefficient (Wildman–Crippen LogP) is 1.65. The zero-order valence-electron chi connectivity index (χ0n) is 11.3. The standard InChI is InChI=1S/C13H22N2O2S/c1-4-9-18(16,17)13-8-6-5-7-12(13)15(3)10-11(2)14/h5-8,11H,4,9-10,14H2,1-3H3. The average molecular weight is 270 g/mol. The van der Waals surface area contributed by atoms with Crippen molar-refractivity contribution in [3.05, 3.63) is 24.3 Å². The third kappa shape index (κ3) is 3.71. The normalized spacial score (nSPS) is 13.3. The monoisotopic (exact) mass is 270 g/mol. The van der Waals surface area contributed by atoms with Gasteiger partial charge in [0.05, 0.1) is 16.3 Å². The lowest BCUT2D eigenvalue weighted by Crippen LogP contribution is -2.33. The highest BCUT2D eigenvalue weighted by Crippen LogP contribution is 2.25. The van der Waals surface area contributed by atoms with E-state index in [1.165, 1.54) is 0 Å². The van der Waals surface area contributed by atoms with Gasteiger partial charge in [-0.05, 0) is 25.5 Å². The topological polar surface area (TPSA) is 63.4 Å². The van der Waals surface area contributed by atoms with Crippen molar-refractivity contribution in [2.75, 3.05) is 24.2 Å². The molecule has 0 aliphatic heterocycles. The van der Waals surface area contributed by atoms with Crippen molar-refractivity contribution in [1.82, 2.24) is 0 Å². The van der Waals surface area contributed by atoms with Gasteiger partial charge in [-0.1, -0.05) is 19.1 Å². The molecule has 18 heavy (non-hydrogen) atoms. The van der Waals surface area contributed by atoms with Crippen LogP contribution in [0.1, 0.15) is 20.3 Å². The molecule has 1 atom stereocenters. The number of nitrogens with zero attached hydrogens (tertiary/aromatic N) is 1. The van der Waals surface area contributed by atoms with E-state index in [2.05, 4.69) is 0 Å². The summed E-state index contributed by atoms with van der Waals surface area (Å²) in [5.41, 5.74) is 6.48. The van der Waals surface area contributed by atoms with Crippen LogP contribution in [0.15, 0.2) is 29.2 Å². The highest BCUT2D eigenvalue weighted by Gasteiger charge is 2.19. The quantitative estimate of drug-likeness (QED) is 0.854. The molecule has 0 aliphatic rings. The largest absolute Gasteiger partial charge is 0.372 e. The van der Waals surface area contributed by atoms with Crippen LogP contribution in [0, 0.1) is 0 Å². The number of hydrogen-bond donors (Lipinski definition) is 1. The van der Waals surface area contributed by atoms with Crippen molar-refractivity contribution in [3.63, 3.8) is 0 Å². The molecule has 0 aromatic heterocycles. The molecule has 5 heteroatoms. The van der Waals surface area contributed by atoms with Gasteiger partial charge in [0.1, 0.15) is 0 Å². The summed E-state index contributed by atoms with van der Waals surface area (Å²) in [7, 11) is -1.34. The Morgan fingerprint density at radius 1 is 1.33 bits per heavy atom. The molecule has 0 fully saturated rings. The summed E-state index contributed by atoms with van der Waals surface area (Å²) in [6, 6.07) is 7.09. The molecule has 1 unspecified atom stereocenters. The lowest BCUT2D eigenvalue weighted by Gasteiger charge is -2.24. The molecule has 1 rings (SSSR count). The number of sulfone groups is 1. The van der Waals surface area contributed by atoms with Gasteiger partial charge in [0.2, 0.25) is 0 Å². The maximum Gasteiger partial charge on any atom is 0.180 e. The van der Waals surface area contributed by atoms with E-state index in [9.17, 15) is 8.42 Å². The minimum absolute atomic E-state index is 0.00284. The summed E-state index contributed by atoms with van der Waals surface area (Å²) >= 11 is 0. The number of benzene rings is 1. The minimum atomic E-state index is -3.20. The molecule has 0 spiro atoms. The van der Waals surface area contributed by atoms with E-state index in [0.29, 0.717) is 17.9 Å². The first-order valence-electron chi connectivity index (χ1n) is 6.17. The molecule has 102 valence electrons. The van der Waals surface area contributed by atoms with Crippen LogP contribution in [0.5, 0.6) is 0 Å². The van der Waals surface area contributed by atoms with Crippen LogP contribution in [0.4, 0.5) is 5.69 Å². The Morgan fingerprint density at radius 3 is 2.50 bits per heavy atom. The Morgan fingerprint density at radius 2 is 1.94 bits per heavy atom. The van der Waals surface area contributed by atoms with E-state index in [-0.39, 0.29) is 11.8 Å². The Kier molecular flexibility index (Phi) is 5.16. The maximum absolute atomic E-state index is 12.2. The van der Waals surface area contributed by atoms with Gasteiger partial charge in [-0.25, -0.2) is 8.42 Å². The number of anilines is 1. The van der Waals surface area contributed by atoms with Crippen LogP contribution < -0.4 is 10.6 Å². The lowest BCUT2D eigenvalue weighted by atomic mass is 10.2. The van der Waals surface area contributed by atoms with Gasteiger partial charge in [0.15, 0.2) is 9.84 Å². The van der Waals surface area contributed by atoms with Gasteiger partial charge in [0, 0.05) is 19.6 Å². The SMILES string of the molecule is CCCS(=O)(=O)c1ccccc1N(C)CC(C)N. The highest BCUT2D eigenvalue weighted by atomic mass is 32.2. The smallest absolute Gasteiger partial charge is 0.180 e. The van der Waals surface area contributed by atoms with Crippen LogP contribution in [-0.2, 0) is 9.84 Å². The molecule has 0 amide bonds. The van der Waals surface area contributed by atoms with Crippen LogP contribution in [-0.4, -0.2) is 33.8 Å². The number of hydrogen-bond acceptors (Lipinski definition) is 4. The molecule has 0 bridgehead atoms. The Bertz CT molecular complexity index is 484. The van der Waals surface area contributed by atoms with E-state index in [0.717, 1.165) is 5.69 Å². The lowest BCUT2D eigenvalue weighted by molar-refractivity contribution is 0.594. The molecule has 1 aromatic carbocycles. The van der Waals surface area contributed by atoms with Crippen molar-refractivity contribution in [1.29, 1.82) is 0 Å². The van der Waals surface area contributed by atoms with Gasteiger partial charge >= 0.3 is 0 Å². The summed E-state index contributed by atoms with van der Waals surface area (Å²) in [5, 5.41) is 0. The van der Waals surface area contributed by atoms with Gasteiger partial charge in [-0.2, -0.15) is 0 Å². The fourth-order valence-corrected chi connectivity index (χ4v) is 3.53. The van der Waals surface area contributed by atoms with Crippen molar-refractivity contribution in [2.24, 2.45) is 5.73 Å². The van der Waals surface area contributed by atoms with E-state index in [4.69, 9.17) is 5.73 Å². The number of likely N-dealkylation sites (N-methyl/N-ethyl adjacent to an activating group) is 1. The summed E-state index contributed by atoms with van der Waals surface area (Å²) < 4.78 is 24.4. The average Bonchev–Trinajstić information content (AvgIpc) is 2.28. The zero-order valence-corrected chi connectivity index (χ0v) is 12.1. The molecule has 0 aliphatic carbocycles. The summed E-state index contributed by atoms with van der Waals surface area (Å²) in [4.78, 5) is 2.29. The first-order valence-corrected chi connectivity index (χ1v) is 7.82. The van der Waals surface area contributed by atoms with E-state index < -0.39 is 9.84 Å². The molecule has 4 nitrogen and oxygen atoms in total. The first kappa shape index (κ1) is 15.0. The summed E-state index contributed by atoms with van der Waals surface area (Å²) in [6.07, 6.45) is 0.619.